The van der Waals surface area contributed by atoms with Crippen LogP contribution in [0.15, 0.2) is 42.6 Å². The van der Waals surface area contributed by atoms with Crippen LogP contribution in [0.25, 0.3) is 0 Å². The van der Waals surface area contributed by atoms with E-state index in [9.17, 15) is 14.0 Å². The van der Waals surface area contributed by atoms with Crippen molar-refractivity contribution in [3.8, 4) is 5.75 Å². The third kappa shape index (κ3) is 3.54. The zero-order valence-corrected chi connectivity index (χ0v) is 15.8. The van der Waals surface area contributed by atoms with Gasteiger partial charge in [-0.3, -0.25) is 14.6 Å². The molecule has 6 nitrogen and oxygen atoms in total. The summed E-state index contributed by atoms with van der Waals surface area (Å²) in [5, 5.41) is 5.85. The molecule has 0 saturated heterocycles. The van der Waals surface area contributed by atoms with Crippen LogP contribution in [-0.4, -0.2) is 28.9 Å². The highest BCUT2D eigenvalue weighted by Gasteiger charge is 2.72. The number of rotatable bonds is 7. The first kappa shape index (κ1) is 18.7. The molecule has 1 aromatic heterocycles. The number of benzene rings is 1. The van der Waals surface area contributed by atoms with Gasteiger partial charge in [-0.2, -0.15) is 0 Å². The van der Waals surface area contributed by atoms with E-state index >= 15 is 0 Å². The molecule has 0 unspecified atom stereocenters. The second-order valence-electron chi connectivity index (χ2n) is 7.51. The summed E-state index contributed by atoms with van der Waals surface area (Å²) < 4.78 is 18.7. The van der Waals surface area contributed by atoms with E-state index in [1.54, 1.807) is 6.20 Å². The molecule has 0 radical (unpaired) electrons. The number of aromatic nitrogens is 1. The zero-order valence-electron chi connectivity index (χ0n) is 15.0. The predicted molar refractivity (Wildman–Crippen MR) is 100 cm³/mol. The van der Waals surface area contributed by atoms with Crippen LogP contribution in [0.5, 0.6) is 5.75 Å². The van der Waals surface area contributed by atoms with E-state index < -0.39 is 5.82 Å². The van der Waals surface area contributed by atoms with Gasteiger partial charge in [0, 0.05) is 17.8 Å². The molecular weight excluding hydrogens is 385 g/mol. The summed E-state index contributed by atoms with van der Waals surface area (Å²) in [5.41, 5.74) is 0.0947. The third-order valence-electron chi connectivity index (χ3n) is 5.33. The maximum atomic E-state index is 13.4. The van der Waals surface area contributed by atoms with Crippen LogP contribution in [0.3, 0.4) is 0 Å². The molecule has 1 heterocycles. The van der Waals surface area contributed by atoms with Crippen LogP contribution >= 0.6 is 11.6 Å². The Morgan fingerprint density at radius 3 is 2.68 bits per heavy atom. The van der Waals surface area contributed by atoms with Crippen molar-refractivity contribution < 1.29 is 18.7 Å². The predicted octanol–water partition coefficient (Wildman–Crippen LogP) is 2.61. The van der Waals surface area contributed by atoms with Gasteiger partial charge in [0.1, 0.15) is 11.6 Å². The topological polar surface area (TPSA) is 80.3 Å². The van der Waals surface area contributed by atoms with Crippen LogP contribution in [0.2, 0.25) is 5.02 Å². The molecule has 2 amide bonds. The third-order valence-corrected chi connectivity index (χ3v) is 5.64. The standard InChI is InChI=1S/C20H19ClFN3O3/c21-15-5-4-14(7-16(15)22)28-9-17(26)25-20-10-19(11-20,12-20)18(27)24-8-13-3-1-2-6-23-13/h1-7H,8-12H2,(H,24,27)(H,25,26). The lowest BCUT2D eigenvalue weighted by molar-refractivity contribution is -0.184. The van der Waals surface area contributed by atoms with Crippen molar-refractivity contribution in [3.05, 3.63) is 59.1 Å². The molecule has 3 aliphatic carbocycles. The second kappa shape index (κ2) is 7.05. The molecule has 2 bridgehead atoms. The molecular formula is C20H19ClFN3O3. The molecule has 3 fully saturated rings. The molecule has 0 aliphatic heterocycles. The average Bonchev–Trinajstić information content (AvgIpc) is 2.63. The summed E-state index contributed by atoms with van der Waals surface area (Å²) in [6.07, 6.45) is 3.55. The highest BCUT2D eigenvalue weighted by molar-refractivity contribution is 6.30. The maximum absolute atomic E-state index is 13.4. The van der Waals surface area contributed by atoms with Gasteiger partial charge < -0.3 is 15.4 Å². The Morgan fingerprint density at radius 1 is 1.21 bits per heavy atom. The highest BCUT2D eigenvalue weighted by atomic mass is 35.5. The van der Waals surface area contributed by atoms with Gasteiger partial charge in [0.05, 0.1) is 22.7 Å². The molecule has 2 N–H and O–H groups in total. The van der Waals surface area contributed by atoms with Gasteiger partial charge in [-0.15, -0.1) is 0 Å². The number of hydrogen-bond acceptors (Lipinski definition) is 4. The number of carbonyl (C=O) groups is 2. The van der Waals surface area contributed by atoms with Gasteiger partial charge in [-0.05, 0) is 43.5 Å². The molecule has 146 valence electrons. The summed E-state index contributed by atoms with van der Waals surface area (Å²) in [4.78, 5) is 28.7. The molecule has 0 spiro atoms. The van der Waals surface area contributed by atoms with Gasteiger partial charge in [0.2, 0.25) is 5.91 Å². The average molecular weight is 404 g/mol. The Labute approximate surface area is 166 Å². The van der Waals surface area contributed by atoms with Crippen LogP contribution < -0.4 is 15.4 Å². The lowest BCUT2D eigenvalue weighted by Crippen LogP contribution is -2.78. The molecule has 1 aromatic carbocycles. The van der Waals surface area contributed by atoms with Gasteiger partial charge in [0.15, 0.2) is 6.61 Å². The van der Waals surface area contributed by atoms with Gasteiger partial charge >= 0.3 is 0 Å². The fraction of sp³-hybridized carbons (Fsp3) is 0.350. The van der Waals surface area contributed by atoms with Crippen LogP contribution in [-0.2, 0) is 16.1 Å². The minimum absolute atomic E-state index is 0.00201. The summed E-state index contributed by atoms with van der Waals surface area (Å²) in [6, 6.07) is 9.57. The SMILES string of the molecule is O=C(COc1ccc(Cl)c(F)c1)NC12CC(C(=O)NCc3ccccn3)(C1)C2. The van der Waals surface area contributed by atoms with E-state index in [2.05, 4.69) is 15.6 Å². The summed E-state index contributed by atoms with van der Waals surface area (Å²) in [6.45, 7) is 0.175. The van der Waals surface area contributed by atoms with E-state index in [0.717, 1.165) is 11.8 Å². The lowest BCUT2D eigenvalue weighted by atomic mass is 9.39. The molecule has 2 aromatic rings. The summed E-state index contributed by atoms with van der Waals surface area (Å²) >= 11 is 5.61. The number of nitrogens with zero attached hydrogens (tertiary/aromatic N) is 1. The summed E-state index contributed by atoms with van der Waals surface area (Å²) in [7, 11) is 0. The first-order chi connectivity index (χ1) is 13.4. The van der Waals surface area contributed by atoms with E-state index in [0.29, 0.717) is 25.8 Å². The Bertz CT molecular complexity index is 902. The van der Waals surface area contributed by atoms with Crippen molar-refractivity contribution >= 4 is 23.4 Å². The number of nitrogens with one attached hydrogen (secondary N) is 2. The molecule has 3 saturated carbocycles. The molecule has 28 heavy (non-hydrogen) atoms. The molecule has 3 aliphatic rings. The Hall–Kier alpha value is -2.67. The van der Waals surface area contributed by atoms with E-state index in [4.69, 9.17) is 16.3 Å². The Balaban J connectivity index is 1.21. The van der Waals surface area contributed by atoms with Crippen molar-refractivity contribution in [1.29, 1.82) is 0 Å². The van der Waals surface area contributed by atoms with E-state index in [1.807, 2.05) is 18.2 Å². The first-order valence-corrected chi connectivity index (χ1v) is 9.35. The van der Waals surface area contributed by atoms with Crippen molar-refractivity contribution in [2.75, 3.05) is 6.61 Å². The van der Waals surface area contributed by atoms with E-state index in [-0.39, 0.29) is 40.1 Å². The minimum atomic E-state index is -0.599. The lowest BCUT2D eigenvalue weighted by Gasteiger charge is -2.69. The Kier molecular flexibility index (Phi) is 4.71. The monoisotopic (exact) mass is 403 g/mol. The zero-order chi connectivity index (χ0) is 19.8. The van der Waals surface area contributed by atoms with Crippen LogP contribution in [0.1, 0.15) is 25.0 Å². The van der Waals surface area contributed by atoms with Gasteiger partial charge in [-0.25, -0.2) is 4.39 Å². The minimum Gasteiger partial charge on any atom is -0.484 e. The smallest absolute Gasteiger partial charge is 0.258 e. The van der Waals surface area contributed by atoms with Crippen molar-refractivity contribution in [3.63, 3.8) is 0 Å². The Morgan fingerprint density at radius 2 is 2.00 bits per heavy atom. The molecule has 5 rings (SSSR count). The number of amides is 2. The molecule has 8 heteroatoms. The summed E-state index contributed by atoms with van der Waals surface area (Å²) in [5.74, 6) is -0.655. The van der Waals surface area contributed by atoms with Crippen molar-refractivity contribution in [2.24, 2.45) is 5.41 Å². The number of ether oxygens (including phenoxy) is 1. The van der Waals surface area contributed by atoms with E-state index in [1.165, 1.54) is 12.1 Å². The molecule has 0 atom stereocenters. The fourth-order valence-corrected chi connectivity index (χ4v) is 4.19. The van der Waals surface area contributed by atoms with Gasteiger partial charge in [0.25, 0.3) is 5.91 Å². The second-order valence-corrected chi connectivity index (χ2v) is 7.91. The largest absolute Gasteiger partial charge is 0.484 e. The number of pyridine rings is 1. The van der Waals surface area contributed by atoms with Crippen molar-refractivity contribution in [1.82, 2.24) is 15.6 Å². The van der Waals surface area contributed by atoms with Gasteiger partial charge in [-0.1, -0.05) is 17.7 Å². The highest BCUT2D eigenvalue weighted by Crippen LogP contribution is 2.67. The maximum Gasteiger partial charge on any atom is 0.258 e. The normalized spacial score (nSPS) is 24.5. The van der Waals surface area contributed by atoms with Crippen molar-refractivity contribution in [2.45, 2.75) is 31.3 Å². The number of halogens is 2. The quantitative estimate of drug-likeness (QED) is 0.744. The number of hydrogen-bond donors (Lipinski definition) is 2. The first-order valence-electron chi connectivity index (χ1n) is 8.97. The number of carbonyl (C=O) groups excluding carboxylic acids is 2. The van der Waals surface area contributed by atoms with Crippen LogP contribution in [0, 0.1) is 11.2 Å². The fourth-order valence-electron chi connectivity index (χ4n) is 4.07. The van der Waals surface area contributed by atoms with Crippen LogP contribution in [0.4, 0.5) is 4.39 Å².